The highest BCUT2D eigenvalue weighted by molar-refractivity contribution is 9.10. The van der Waals surface area contributed by atoms with Crippen molar-refractivity contribution in [2.75, 3.05) is 11.5 Å². The smallest absolute Gasteiger partial charge is 0.265 e. The van der Waals surface area contributed by atoms with Crippen LogP contribution in [-0.2, 0) is 11.3 Å². The monoisotopic (exact) mass is 371 g/mol. The first-order valence-electron chi connectivity index (χ1n) is 7.29. The highest BCUT2D eigenvalue weighted by Gasteiger charge is 2.26. The van der Waals surface area contributed by atoms with Crippen molar-refractivity contribution in [3.05, 3.63) is 58.5 Å². The van der Waals surface area contributed by atoms with Crippen LogP contribution in [0.4, 0.5) is 5.69 Å². The Balaban J connectivity index is 1.80. The Labute approximate surface area is 141 Å². The van der Waals surface area contributed by atoms with E-state index >= 15 is 0 Å². The van der Waals surface area contributed by atoms with E-state index in [0.717, 1.165) is 32.9 Å². The van der Waals surface area contributed by atoms with E-state index in [1.54, 1.807) is 4.90 Å². The van der Waals surface area contributed by atoms with E-state index in [0.29, 0.717) is 6.54 Å². The molecule has 1 amide bonds. The van der Waals surface area contributed by atoms with Crippen LogP contribution in [0.25, 0.3) is 5.65 Å². The van der Waals surface area contributed by atoms with Gasteiger partial charge in [-0.15, -0.1) is 0 Å². The zero-order valence-corrected chi connectivity index (χ0v) is 14.1. The van der Waals surface area contributed by atoms with E-state index in [9.17, 15) is 4.79 Å². The number of rotatable bonds is 2. The summed E-state index contributed by atoms with van der Waals surface area (Å²) in [5.41, 5.74) is 3.58. The molecule has 1 aromatic carbocycles. The third-order valence-electron chi connectivity index (χ3n) is 4.00. The number of ether oxygens (including phenoxy) is 1. The maximum absolute atomic E-state index is 12.4. The molecule has 1 aliphatic rings. The summed E-state index contributed by atoms with van der Waals surface area (Å²) in [4.78, 5) is 18.7. The molecule has 0 radical (unpaired) electrons. The number of carbonyl (C=O) groups is 1. The number of benzene rings is 1. The number of para-hydroxylation sites is 2. The van der Waals surface area contributed by atoms with E-state index in [2.05, 4.69) is 20.9 Å². The number of hydrogen-bond acceptors (Lipinski definition) is 3. The number of imidazole rings is 1. The third-order valence-corrected chi connectivity index (χ3v) is 4.47. The Morgan fingerprint density at radius 2 is 2.09 bits per heavy atom. The number of hydrogen-bond donors (Lipinski definition) is 0. The summed E-state index contributed by atoms with van der Waals surface area (Å²) in [6, 6.07) is 11.5. The number of pyridine rings is 1. The van der Waals surface area contributed by atoms with Crippen LogP contribution in [-0.4, -0.2) is 21.9 Å². The summed E-state index contributed by atoms with van der Waals surface area (Å²) in [6.07, 6.45) is 1.97. The molecule has 4 rings (SSSR count). The first-order valence-corrected chi connectivity index (χ1v) is 8.08. The average molecular weight is 372 g/mol. The van der Waals surface area contributed by atoms with E-state index < -0.39 is 0 Å². The maximum Gasteiger partial charge on any atom is 0.265 e. The lowest BCUT2D eigenvalue weighted by atomic mass is 10.2. The van der Waals surface area contributed by atoms with Gasteiger partial charge in [-0.25, -0.2) is 4.98 Å². The van der Waals surface area contributed by atoms with E-state index in [-0.39, 0.29) is 12.5 Å². The molecular formula is C17H14BrN3O2. The SMILES string of the molecule is Cc1nc2ccc(Br)cn2c1CN1C(=O)COc2ccccc21. The van der Waals surface area contributed by atoms with Crippen LogP contribution in [0, 0.1) is 6.92 Å². The van der Waals surface area contributed by atoms with Gasteiger partial charge in [0, 0.05) is 10.7 Å². The summed E-state index contributed by atoms with van der Waals surface area (Å²) < 4.78 is 8.49. The summed E-state index contributed by atoms with van der Waals surface area (Å²) in [6.45, 7) is 2.49. The first-order chi connectivity index (χ1) is 11.1. The topological polar surface area (TPSA) is 46.8 Å². The van der Waals surface area contributed by atoms with Crippen LogP contribution < -0.4 is 9.64 Å². The number of fused-ring (bicyclic) bond motifs is 2. The fraction of sp³-hybridized carbons (Fsp3) is 0.176. The zero-order chi connectivity index (χ0) is 16.0. The van der Waals surface area contributed by atoms with Gasteiger partial charge >= 0.3 is 0 Å². The summed E-state index contributed by atoms with van der Waals surface area (Å²) in [7, 11) is 0. The molecule has 0 saturated carbocycles. The molecule has 23 heavy (non-hydrogen) atoms. The standard InChI is InChI=1S/C17H14BrN3O2/c1-11-14(20-8-12(18)6-7-16(20)19-11)9-21-13-4-2-3-5-15(13)23-10-17(21)22/h2-8H,9-10H2,1H3. The molecule has 1 aliphatic heterocycles. The fourth-order valence-corrected chi connectivity index (χ4v) is 3.19. The van der Waals surface area contributed by atoms with Crippen molar-refractivity contribution in [3.63, 3.8) is 0 Å². The second-order valence-corrected chi connectivity index (χ2v) is 6.37. The molecule has 116 valence electrons. The lowest BCUT2D eigenvalue weighted by molar-refractivity contribution is -0.121. The van der Waals surface area contributed by atoms with Gasteiger partial charge in [0.05, 0.1) is 23.6 Å². The summed E-state index contributed by atoms with van der Waals surface area (Å²) >= 11 is 3.49. The number of amides is 1. The molecular weight excluding hydrogens is 358 g/mol. The number of aromatic nitrogens is 2. The van der Waals surface area contributed by atoms with Crippen LogP contribution in [0.1, 0.15) is 11.4 Å². The Kier molecular flexibility index (Phi) is 3.34. The molecule has 0 saturated heterocycles. The highest BCUT2D eigenvalue weighted by Crippen LogP contribution is 2.33. The zero-order valence-electron chi connectivity index (χ0n) is 12.5. The third kappa shape index (κ3) is 2.39. The van der Waals surface area contributed by atoms with Gasteiger partial charge in [0.2, 0.25) is 0 Å². The number of aryl methyl sites for hydroxylation is 1. The van der Waals surface area contributed by atoms with Crippen molar-refractivity contribution in [2.45, 2.75) is 13.5 Å². The molecule has 0 spiro atoms. The number of carbonyl (C=O) groups excluding carboxylic acids is 1. The minimum atomic E-state index is -0.0481. The molecule has 3 heterocycles. The Morgan fingerprint density at radius 3 is 2.96 bits per heavy atom. The van der Waals surface area contributed by atoms with Crippen molar-refractivity contribution >= 4 is 33.2 Å². The van der Waals surface area contributed by atoms with Gasteiger partial charge in [0.15, 0.2) is 6.61 Å². The Morgan fingerprint density at radius 1 is 1.26 bits per heavy atom. The maximum atomic E-state index is 12.4. The van der Waals surface area contributed by atoms with Crippen molar-refractivity contribution in [1.29, 1.82) is 0 Å². The highest BCUT2D eigenvalue weighted by atomic mass is 79.9. The lowest BCUT2D eigenvalue weighted by Gasteiger charge is -2.29. The number of anilines is 1. The quantitative estimate of drug-likeness (QED) is 0.693. The van der Waals surface area contributed by atoms with E-state index in [4.69, 9.17) is 4.74 Å². The lowest BCUT2D eigenvalue weighted by Crippen LogP contribution is -2.38. The largest absolute Gasteiger partial charge is 0.482 e. The van der Waals surface area contributed by atoms with Crippen molar-refractivity contribution in [1.82, 2.24) is 9.38 Å². The van der Waals surface area contributed by atoms with Gasteiger partial charge in [0.25, 0.3) is 5.91 Å². The fourth-order valence-electron chi connectivity index (χ4n) is 2.85. The average Bonchev–Trinajstić information content (AvgIpc) is 2.85. The second kappa shape index (κ2) is 5.38. The predicted octanol–water partition coefficient (Wildman–Crippen LogP) is 3.33. The summed E-state index contributed by atoms with van der Waals surface area (Å²) in [5, 5.41) is 0. The predicted molar refractivity (Wildman–Crippen MR) is 90.8 cm³/mol. The molecule has 0 aliphatic carbocycles. The Hall–Kier alpha value is -2.34. The number of halogens is 1. The van der Waals surface area contributed by atoms with Crippen LogP contribution in [0.5, 0.6) is 5.75 Å². The first kappa shape index (κ1) is 14.3. The van der Waals surface area contributed by atoms with Gasteiger partial charge in [-0.05, 0) is 47.1 Å². The van der Waals surface area contributed by atoms with Gasteiger partial charge in [-0.3, -0.25) is 9.69 Å². The second-order valence-electron chi connectivity index (χ2n) is 5.46. The van der Waals surface area contributed by atoms with Crippen LogP contribution in [0.3, 0.4) is 0 Å². The normalized spacial score (nSPS) is 14.0. The van der Waals surface area contributed by atoms with Crippen molar-refractivity contribution in [2.24, 2.45) is 0 Å². The molecule has 2 aromatic heterocycles. The molecule has 3 aromatic rings. The molecule has 5 nitrogen and oxygen atoms in total. The molecule has 0 unspecified atom stereocenters. The van der Waals surface area contributed by atoms with Crippen LogP contribution in [0.2, 0.25) is 0 Å². The van der Waals surface area contributed by atoms with Gasteiger partial charge in [-0.1, -0.05) is 12.1 Å². The minimum absolute atomic E-state index is 0.0481. The number of nitrogens with zero attached hydrogens (tertiary/aromatic N) is 3. The van der Waals surface area contributed by atoms with Crippen LogP contribution in [0.15, 0.2) is 47.1 Å². The molecule has 6 heteroatoms. The van der Waals surface area contributed by atoms with Gasteiger partial charge in [0.1, 0.15) is 11.4 Å². The Bertz CT molecular complexity index is 919. The minimum Gasteiger partial charge on any atom is -0.482 e. The molecule has 0 atom stereocenters. The van der Waals surface area contributed by atoms with E-state index in [1.165, 1.54) is 0 Å². The van der Waals surface area contributed by atoms with Gasteiger partial charge in [-0.2, -0.15) is 0 Å². The van der Waals surface area contributed by atoms with Crippen molar-refractivity contribution in [3.8, 4) is 5.75 Å². The van der Waals surface area contributed by atoms with Crippen molar-refractivity contribution < 1.29 is 9.53 Å². The molecule has 0 N–H and O–H groups in total. The van der Waals surface area contributed by atoms with Crippen LogP contribution >= 0.6 is 15.9 Å². The molecule has 0 bridgehead atoms. The van der Waals surface area contributed by atoms with E-state index in [1.807, 2.05) is 53.9 Å². The summed E-state index contributed by atoms with van der Waals surface area (Å²) in [5.74, 6) is 0.688. The molecule has 0 fully saturated rings. The van der Waals surface area contributed by atoms with Gasteiger partial charge < -0.3 is 9.14 Å².